The van der Waals surface area contributed by atoms with Crippen molar-refractivity contribution in [1.29, 1.82) is 0 Å². The maximum atomic E-state index is 11.1. The zero-order chi connectivity index (χ0) is 10.9. The summed E-state index contributed by atoms with van der Waals surface area (Å²) in [5, 5.41) is 3.37. The molecule has 1 aromatic heterocycles. The molecule has 0 spiro atoms. The topological polar surface area (TPSA) is 51.5 Å². The first kappa shape index (κ1) is 10.2. The van der Waals surface area contributed by atoms with Crippen LogP contribution in [0.2, 0.25) is 0 Å². The number of hydrogen-bond acceptors (Lipinski definition) is 4. The lowest BCUT2D eigenvalue weighted by atomic mass is 10.3. The Morgan fingerprint density at radius 3 is 3.00 bits per heavy atom. The van der Waals surface area contributed by atoms with Crippen LogP contribution in [0.25, 0.3) is 0 Å². The molecule has 0 aliphatic heterocycles. The maximum absolute atomic E-state index is 11.1. The minimum Gasteiger partial charge on any atom is -0.467 e. The molecule has 0 radical (unpaired) electrons. The molecule has 2 rings (SSSR count). The van der Waals surface area contributed by atoms with Gasteiger partial charge in [-0.1, -0.05) is 0 Å². The van der Waals surface area contributed by atoms with Crippen molar-refractivity contribution < 1.29 is 13.9 Å². The number of hydrogen-bond donors (Lipinski definition) is 1. The molecule has 0 atom stereocenters. The van der Waals surface area contributed by atoms with Crippen LogP contribution in [0.1, 0.15) is 35.9 Å². The molecular weight excluding hydrogens is 194 g/mol. The summed E-state index contributed by atoms with van der Waals surface area (Å²) in [6, 6.07) is 1.71. The highest BCUT2D eigenvalue weighted by atomic mass is 16.5. The second-order valence-corrected chi connectivity index (χ2v) is 4.21. The van der Waals surface area contributed by atoms with Crippen molar-refractivity contribution in [2.75, 3.05) is 7.11 Å². The van der Waals surface area contributed by atoms with Crippen LogP contribution < -0.4 is 5.32 Å². The van der Waals surface area contributed by atoms with E-state index in [2.05, 4.69) is 17.0 Å². The van der Waals surface area contributed by atoms with Gasteiger partial charge in [0.05, 0.1) is 19.2 Å². The SMILES string of the molecule is COC(=O)c1coc(CNC2(C)CC2)c1. The normalized spacial score (nSPS) is 17.5. The van der Waals surface area contributed by atoms with Crippen molar-refractivity contribution in [1.82, 2.24) is 5.32 Å². The number of ether oxygens (including phenoxy) is 1. The molecule has 4 nitrogen and oxygen atoms in total. The first-order chi connectivity index (χ1) is 7.13. The lowest BCUT2D eigenvalue weighted by Crippen LogP contribution is -2.26. The Balaban J connectivity index is 1.92. The van der Waals surface area contributed by atoms with Gasteiger partial charge in [0.2, 0.25) is 0 Å². The van der Waals surface area contributed by atoms with Crippen LogP contribution in [0.3, 0.4) is 0 Å². The molecule has 0 bridgehead atoms. The Bertz CT molecular complexity index is 366. The Morgan fingerprint density at radius 2 is 2.40 bits per heavy atom. The van der Waals surface area contributed by atoms with Gasteiger partial charge in [0.15, 0.2) is 0 Å². The molecule has 0 saturated heterocycles. The van der Waals surface area contributed by atoms with Gasteiger partial charge in [-0.15, -0.1) is 0 Å². The summed E-state index contributed by atoms with van der Waals surface area (Å²) < 4.78 is 9.84. The fraction of sp³-hybridized carbons (Fsp3) is 0.545. The predicted octanol–water partition coefficient (Wildman–Crippen LogP) is 1.71. The molecule has 1 N–H and O–H groups in total. The van der Waals surface area contributed by atoms with Gasteiger partial charge in [-0.2, -0.15) is 0 Å². The van der Waals surface area contributed by atoms with Gasteiger partial charge < -0.3 is 14.5 Å². The van der Waals surface area contributed by atoms with Crippen molar-refractivity contribution in [3.05, 3.63) is 23.7 Å². The minimum atomic E-state index is -0.359. The highest BCUT2D eigenvalue weighted by Crippen LogP contribution is 2.34. The summed E-state index contributed by atoms with van der Waals surface area (Å²) in [5.74, 6) is 0.408. The zero-order valence-electron chi connectivity index (χ0n) is 9.00. The van der Waals surface area contributed by atoms with Gasteiger partial charge in [-0.3, -0.25) is 0 Å². The number of carbonyl (C=O) groups is 1. The van der Waals surface area contributed by atoms with E-state index in [-0.39, 0.29) is 11.5 Å². The second-order valence-electron chi connectivity index (χ2n) is 4.21. The van der Waals surface area contributed by atoms with E-state index >= 15 is 0 Å². The van der Waals surface area contributed by atoms with Gasteiger partial charge in [0, 0.05) is 5.54 Å². The summed E-state index contributed by atoms with van der Waals surface area (Å²) >= 11 is 0. The Morgan fingerprint density at radius 1 is 1.67 bits per heavy atom. The van der Waals surface area contributed by atoms with Gasteiger partial charge in [-0.25, -0.2) is 4.79 Å². The van der Waals surface area contributed by atoms with Crippen molar-refractivity contribution >= 4 is 5.97 Å². The average Bonchev–Trinajstić information content (AvgIpc) is 2.81. The molecule has 1 aliphatic rings. The molecule has 1 heterocycles. The van der Waals surface area contributed by atoms with Crippen LogP contribution in [-0.4, -0.2) is 18.6 Å². The number of esters is 1. The Labute approximate surface area is 88.6 Å². The van der Waals surface area contributed by atoms with E-state index in [1.54, 1.807) is 6.07 Å². The molecule has 1 aromatic rings. The van der Waals surface area contributed by atoms with Gasteiger partial charge in [-0.05, 0) is 25.8 Å². The summed E-state index contributed by atoms with van der Waals surface area (Å²) in [6.07, 6.45) is 3.84. The smallest absolute Gasteiger partial charge is 0.341 e. The Kier molecular flexibility index (Phi) is 2.52. The number of methoxy groups -OCH3 is 1. The fourth-order valence-corrected chi connectivity index (χ4v) is 1.36. The van der Waals surface area contributed by atoms with E-state index in [1.165, 1.54) is 26.2 Å². The molecule has 82 valence electrons. The van der Waals surface area contributed by atoms with E-state index < -0.39 is 0 Å². The fourth-order valence-electron chi connectivity index (χ4n) is 1.36. The number of furan rings is 1. The third-order valence-corrected chi connectivity index (χ3v) is 2.76. The first-order valence-corrected chi connectivity index (χ1v) is 5.04. The predicted molar refractivity (Wildman–Crippen MR) is 54.5 cm³/mol. The zero-order valence-corrected chi connectivity index (χ0v) is 9.00. The van der Waals surface area contributed by atoms with Crippen LogP contribution >= 0.6 is 0 Å². The summed E-state index contributed by atoms with van der Waals surface area (Å²) in [4.78, 5) is 11.1. The van der Waals surface area contributed by atoms with Crippen molar-refractivity contribution in [3.8, 4) is 0 Å². The Hall–Kier alpha value is -1.29. The average molecular weight is 209 g/mol. The highest BCUT2D eigenvalue weighted by Gasteiger charge is 2.36. The molecule has 4 heteroatoms. The van der Waals surface area contributed by atoms with E-state index in [0.29, 0.717) is 12.1 Å². The number of nitrogens with one attached hydrogen (secondary N) is 1. The third-order valence-electron chi connectivity index (χ3n) is 2.76. The van der Waals surface area contributed by atoms with E-state index in [4.69, 9.17) is 4.42 Å². The second kappa shape index (κ2) is 3.70. The first-order valence-electron chi connectivity index (χ1n) is 5.04. The van der Waals surface area contributed by atoms with Gasteiger partial charge >= 0.3 is 5.97 Å². The van der Waals surface area contributed by atoms with Crippen LogP contribution in [0.5, 0.6) is 0 Å². The van der Waals surface area contributed by atoms with E-state index in [1.807, 2.05) is 0 Å². The monoisotopic (exact) mass is 209 g/mol. The standard InChI is InChI=1S/C11H15NO3/c1-11(3-4-11)12-6-9-5-8(7-15-9)10(13)14-2/h5,7,12H,3-4,6H2,1-2H3. The summed E-state index contributed by atoms with van der Waals surface area (Å²) in [7, 11) is 1.36. The molecule has 0 unspecified atom stereocenters. The molecular formula is C11H15NO3. The molecule has 1 aliphatic carbocycles. The van der Waals surface area contributed by atoms with Crippen molar-refractivity contribution in [3.63, 3.8) is 0 Å². The maximum Gasteiger partial charge on any atom is 0.341 e. The summed E-state index contributed by atoms with van der Waals surface area (Å²) in [5.41, 5.74) is 0.744. The number of carbonyl (C=O) groups excluding carboxylic acids is 1. The van der Waals surface area contributed by atoms with Crippen LogP contribution in [0.4, 0.5) is 0 Å². The summed E-state index contributed by atoms with van der Waals surface area (Å²) in [6.45, 7) is 2.84. The van der Waals surface area contributed by atoms with Crippen molar-refractivity contribution in [2.45, 2.75) is 31.8 Å². The van der Waals surface area contributed by atoms with Gasteiger partial charge in [0.25, 0.3) is 0 Å². The highest BCUT2D eigenvalue weighted by molar-refractivity contribution is 5.88. The van der Waals surface area contributed by atoms with E-state index in [0.717, 1.165) is 5.76 Å². The van der Waals surface area contributed by atoms with Crippen molar-refractivity contribution in [2.24, 2.45) is 0 Å². The molecule has 1 saturated carbocycles. The molecule has 15 heavy (non-hydrogen) atoms. The quantitative estimate of drug-likeness (QED) is 0.767. The van der Waals surface area contributed by atoms with Crippen LogP contribution in [0.15, 0.2) is 16.7 Å². The largest absolute Gasteiger partial charge is 0.467 e. The number of rotatable bonds is 4. The van der Waals surface area contributed by atoms with Crippen LogP contribution in [-0.2, 0) is 11.3 Å². The third kappa shape index (κ3) is 2.39. The molecule has 0 amide bonds. The molecule has 0 aromatic carbocycles. The van der Waals surface area contributed by atoms with Gasteiger partial charge in [0.1, 0.15) is 12.0 Å². The van der Waals surface area contributed by atoms with Crippen LogP contribution in [0, 0.1) is 0 Å². The molecule has 1 fully saturated rings. The lowest BCUT2D eigenvalue weighted by Gasteiger charge is -2.08. The van der Waals surface area contributed by atoms with E-state index in [9.17, 15) is 4.79 Å². The lowest BCUT2D eigenvalue weighted by molar-refractivity contribution is 0.0600. The minimum absolute atomic E-state index is 0.276.